The molecule has 0 saturated heterocycles. The summed E-state index contributed by atoms with van der Waals surface area (Å²) in [6, 6.07) is 17.4. The van der Waals surface area contributed by atoms with Gasteiger partial charge in [-0.1, -0.05) is 36.4 Å². The first-order valence-corrected chi connectivity index (χ1v) is 8.13. The average Bonchev–Trinajstić information content (AvgIpc) is 2.63. The van der Waals surface area contributed by atoms with E-state index in [2.05, 4.69) is 10.6 Å². The summed E-state index contributed by atoms with van der Waals surface area (Å²) < 4.78 is 10.8. The summed E-state index contributed by atoms with van der Waals surface area (Å²) in [4.78, 5) is 11.9. The fourth-order valence-corrected chi connectivity index (χ4v) is 2.10. The van der Waals surface area contributed by atoms with Crippen LogP contribution >= 0.6 is 0 Å². The second kappa shape index (κ2) is 10.3. The molecule has 0 atom stereocenters. The summed E-state index contributed by atoms with van der Waals surface area (Å²) in [5.41, 5.74) is 1.93. The Morgan fingerprint density at radius 1 is 1.04 bits per heavy atom. The van der Waals surface area contributed by atoms with Crippen LogP contribution < -0.4 is 15.4 Å². The van der Waals surface area contributed by atoms with E-state index >= 15 is 0 Å². The molecule has 0 unspecified atom stereocenters. The lowest BCUT2D eigenvalue weighted by Crippen LogP contribution is -2.29. The number of carbonyl (C=O) groups is 1. The van der Waals surface area contributed by atoms with Crippen molar-refractivity contribution in [2.24, 2.45) is 0 Å². The average molecular weight is 328 g/mol. The van der Waals surface area contributed by atoms with Crippen LogP contribution in [0.25, 0.3) is 0 Å². The Bertz CT molecular complexity index is 617. The van der Waals surface area contributed by atoms with E-state index in [0.29, 0.717) is 26.4 Å². The molecular weight excluding hydrogens is 304 g/mol. The Kier molecular flexibility index (Phi) is 7.63. The molecule has 0 spiro atoms. The van der Waals surface area contributed by atoms with E-state index in [1.54, 1.807) is 0 Å². The Hall–Kier alpha value is -2.53. The maximum atomic E-state index is 11.9. The zero-order chi connectivity index (χ0) is 17.0. The largest absolute Gasteiger partial charge is 0.491 e. The highest BCUT2D eigenvalue weighted by molar-refractivity contribution is 5.80. The molecule has 5 heteroatoms. The number of ether oxygens (including phenoxy) is 2. The normalized spacial score (nSPS) is 10.2. The molecule has 0 aliphatic heterocycles. The molecule has 0 fully saturated rings. The van der Waals surface area contributed by atoms with Crippen molar-refractivity contribution in [3.8, 4) is 5.75 Å². The number of anilines is 1. The van der Waals surface area contributed by atoms with Crippen LogP contribution in [0.2, 0.25) is 0 Å². The topological polar surface area (TPSA) is 59.6 Å². The molecule has 0 saturated carbocycles. The maximum Gasteiger partial charge on any atom is 0.239 e. The molecule has 0 aliphatic rings. The molecule has 2 rings (SSSR count). The molecule has 128 valence electrons. The molecule has 5 nitrogen and oxygen atoms in total. The van der Waals surface area contributed by atoms with Gasteiger partial charge in [0.15, 0.2) is 0 Å². The van der Waals surface area contributed by atoms with Crippen molar-refractivity contribution in [3.63, 3.8) is 0 Å². The minimum Gasteiger partial charge on any atom is -0.491 e. The van der Waals surface area contributed by atoms with Gasteiger partial charge in [-0.25, -0.2) is 0 Å². The summed E-state index contributed by atoms with van der Waals surface area (Å²) in [5, 5.41) is 5.98. The van der Waals surface area contributed by atoms with Crippen molar-refractivity contribution < 1.29 is 14.3 Å². The molecule has 24 heavy (non-hydrogen) atoms. The highest BCUT2D eigenvalue weighted by Gasteiger charge is 2.02. The van der Waals surface area contributed by atoms with E-state index < -0.39 is 0 Å². The Labute approximate surface area is 143 Å². The van der Waals surface area contributed by atoms with Crippen molar-refractivity contribution in [3.05, 3.63) is 60.2 Å². The van der Waals surface area contributed by atoms with E-state index in [1.807, 2.05) is 61.5 Å². The lowest BCUT2D eigenvalue weighted by molar-refractivity contribution is -0.119. The molecule has 0 bridgehead atoms. The second-order valence-corrected chi connectivity index (χ2v) is 5.19. The van der Waals surface area contributed by atoms with Crippen molar-refractivity contribution in [1.82, 2.24) is 5.32 Å². The van der Waals surface area contributed by atoms with Crippen LogP contribution in [-0.4, -0.2) is 32.3 Å². The van der Waals surface area contributed by atoms with Gasteiger partial charge < -0.3 is 20.1 Å². The summed E-state index contributed by atoms with van der Waals surface area (Å²) in [7, 11) is 0. The summed E-state index contributed by atoms with van der Waals surface area (Å²) in [5.74, 6) is 0.700. The minimum absolute atomic E-state index is 0.0541. The predicted molar refractivity (Wildman–Crippen MR) is 95.2 cm³/mol. The van der Waals surface area contributed by atoms with Crippen LogP contribution in [0, 0.1) is 0 Å². The molecule has 2 N–H and O–H groups in total. The summed E-state index contributed by atoms with van der Waals surface area (Å²) in [6.45, 7) is 4.46. The van der Waals surface area contributed by atoms with Crippen LogP contribution in [0.15, 0.2) is 54.6 Å². The van der Waals surface area contributed by atoms with Crippen molar-refractivity contribution in [1.29, 1.82) is 0 Å². The van der Waals surface area contributed by atoms with Crippen LogP contribution in [0.4, 0.5) is 5.69 Å². The van der Waals surface area contributed by atoms with Crippen LogP contribution in [-0.2, 0) is 16.1 Å². The van der Waals surface area contributed by atoms with Gasteiger partial charge in [0.25, 0.3) is 0 Å². The van der Waals surface area contributed by atoms with Crippen LogP contribution in [0.1, 0.15) is 12.5 Å². The number of hydrogen-bond acceptors (Lipinski definition) is 4. The van der Waals surface area contributed by atoms with Crippen LogP contribution in [0.3, 0.4) is 0 Å². The van der Waals surface area contributed by atoms with E-state index in [1.165, 1.54) is 0 Å². The van der Waals surface area contributed by atoms with E-state index in [0.717, 1.165) is 17.0 Å². The molecular formula is C19H24N2O3. The van der Waals surface area contributed by atoms with Gasteiger partial charge in [-0.2, -0.15) is 0 Å². The lowest BCUT2D eigenvalue weighted by atomic mass is 10.2. The molecule has 0 radical (unpaired) electrons. The Morgan fingerprint density at radius 3 is 2.67 bits per heavy atom. The Balaban J connectivity index is 1.72. The van der Waals surface area contributed by atoms with Crippen molar-refractivity contribution in [2.75, 3.05) is 31.7 Å². The SMILES string of the molecule is CCOCCOc1cccc(NCC(=O)NCc2ccccc2)c1. The van der Waals surface area contributed by atoms with Crippen molar-refractivity contribution >= 4 is 11.6 Å². The van der Waals surface area contributed by atoms with Crippen LogP contribution in [0.5, 0.6) is 5.75 Å². The molecule has 2 aromatic rings. The minimum atomic E-state index is -0.0541. The summed E-state index contributed by atoms with van der Waals surface area (Å²) >= 11 is 0. The number of amides is 1. The molecule has 0 heterocycles. The number of nitrogens with one attached hydrogen (secondary N) is 2. The van der Waals surface area contributed by atoms with Gasteiger partial charge in [0.05, 0.1) is 13.2 Å². The third-order valence-electron chi connectivity index (χ3n) is 3.32. The Morgan fingerprint density at radius 2 is 1.88 bits per heavy atom. The smallest absolute Gasteiger partial charge is 0.239 e. The van der Waals surface area contributed by atoms with E-state index in [9.17, 15) is 4.79 Å². The fourth-order valence-electron chi connectivity index (χ4n) is 2.10. The molecule has 1 amide bonds. The van der Waals surface area contributed by atoms with Crippen molar-refractivity contribution in [2.45, 2.75) is 13.5 Å². The van der Waals surface area contributed by atoms with Gasteiger partial charge in [0, 0.05) is 24.9 Å². The van der Waals surface area contributed by atoms with E-state index in [-0.39, 0.29) is 12.5 Å². The number of rotatable bonds is 10. The third-order valence-corrected chi connectivity index (χ3v) is 3.32. The van der Waals surface area contributed by atoms with Gasteiger partial charge >= 0.3 is 0 Å². The first-order chi connectivity index (χ1) is 11.8. The maximum absolute atomic E-state index is 11.9. The molecule has 0 aromatic heterocycles. The monoisotopic (exact) mass is 328 g/mol. The van der Waals surface area contributed by atoms with Gasteiger partial charge in [0.2, 0.25) is 5.91 Å². The zero-order valence-corrected chi connectivity index (χ0v) is 14.0. The third kappa shape index (κ3) is 6.71. The standard InChI is InChI=1S/C19H24N2O3/c1-2-23-11-12-24-18-10-6-9-17(13-18)20-15-19(22)21-14-16-7-4-3-5-8-16/h3-10,13,20H,2,11-12,14-15H2,1H3,(H,21,22). The van der Waals surface area contributed by atoms with Gasteiger partial charge in [-0.15, -0.1) is 0 Å². The van der Waals surface area contributed by atoms with E-state index in [4.69, 9.17) is 9.47 Å². The predicted octanol–water partition coefficient (Wildman–Crippen LogP) is 2.83. The van der Waals surface area contributed by atoms with Gasteiger partial charge in [0.1, 0.15) is 12.4 Å². The quantitative estimate of drug-likeness (QED) is 0.659. The van der Waals surface area contributed by atoms with Gasteiger partial charge in [-0.05, 0) is 24.6 Å². The lowest BCUT2D eigenvalue weighted by Gasteiger charge is -2.10. The first-order valence-electron chi connectivity index (χ1n) is 8.13. The second-order valence-electron chi connectivity index (χ2n) is 5.19. The molecule has 0 aliphatic carbocycles. The fraction of sp³-hybridized carbons (Fsp3) is 0.316. The number of hydrogen-bond donors (Lipinski definition) is 2. The zero-order valence-electron chi connectivity index (χ0n) is 14.0. The highest BCUT2D eigenvalue weighted by Crippen LogP contribution is 2.17. The summed E-state index contributed by atoms with van der Waals surface area (Å²) in [6.07, 6.45) is 0. The first kappa shape index (κ1) is 17.8. The highest BCUT2D eigenvalue weighted by atomic mass is 16.5. The number of carbonyl (C=O) groups excluding carboxylic acids is 1. The number of benzene rings is 2. The van der Waals surface area contributed by atoms with Gasteiger partial charge in [-0.3, -0.25) is 4.79 Å². The molecule has 2 aromatic carbocycles.